The van der Waals surface area contributed by atoms with Crippen molar-refractivity contribution in [2.75, 3.05) is 0 Å². The zero-order valence-electron chi connectivity index (χ0n) is 15.0. The molecule has 0 bridgehead atoms. The monoisotopic (exact) mass is 334 g/mol. The Kier molecular flexibility index (Phi) is 4.18. The highest BCUT2D eigenvalue weighted by molar-refractivity contribution is 5.93. The van der Waals surface area contributed by atoms with Crippen molar-refractivity contribution >= 4 is 5.57 Å². The Bertz CT molecular complexity index is 949. The van der Waals surface area contributed by atoms with Gasteiger partial charge in [-0.25, -0.2) is 0 Å². The Morgan fingerprint density at radius 3 is 1.85 bits per heavy atom. The molecule has 3 aromatic rings. The van der Waals surface area contributed by atoms with Gasteiger partial charge in [0.15, 0.2) is 0 Å². The Labute approximate surface area is 155 Å². The third kappa shape index (κ3) is 2.30. The molecule has 0 nitrogen and oxygen atoms in total. The van der Waals surface area contributed by atoms with Gasteiger partial charge in [0.25, 0.3) is 0 Å². The van der Waals surface area contributed by atoms with Crippen LogP contribution in [0.15, 0.2) is 115 Å². The van der Waals surface area contributed by atoms with Crippen LogP contribution in [0.2, 0.25) is 0 Å². The van der Waals surface area contributed by atoms with E-state index in [2.05, 4.69) is 117 Å². The van der Waals surface area contributed by atoms with Gasteiger partial charge in [-0.2, -0.15) is 0 Å². The predicted molar refractivity (Wildman–Crippen MR) is 111 cm³/mol. The van der Waals surface area contributed by atoms with Crippen LogP contribution in [0.25, 0.3) is 5.57 Å². The largest absolute Gasteiger partial charge is 0.0908 e. The number of fused-ring (bicyclic) bond motifs is 1. The summed E-state index contributed by atoms with van der Waals surface area (Å²) >= 11 is 0. The number of allylic oxidation sites excluding steroid dienone is 5. The molecule has 0 saturated carbocycles. The van der Waals surface area contributed by atoms with Crippen molar-refractivity contribution in [2.45, 2.75) is 12.3 Å². The molecule has 0 saturated heterocycles. The van der Waals surface area contributed by atoms with Gasteiger partial charge in [0, 0.05) is 0 Å². The molecule has 126 valence electrons. The van der Waals surface area contributed by atoms with E-state index in [-0.39, 0.29) is 5.41 Å². The molecule has 0 radical (unpaired) electrons. The second-order valence-electron chi connectivity index (χ2n) is 6.61. The lowest BCUT2D eigenvalue weighted by atomic mass is 9.67. The van der Waals surface area contributed by atoms with Crippen molar-refractivity contribution in [3.05, 3.63) is 138 Å². The van der Waals surface area contributed by atoms with Crippen molar-refractivity contribution < 1.29 is 0 Å². The lowest BCUT2D eigenvalue weighted by Gasteiger charge is -2.34. The van der Waals surface area contributed by atoms with Crippen molar-refractivity contribution in [2.24, 2.45) is 0 Å². The van der Waals surface area contributed by atoms with Crippen LogP contribution in [0.4, 0.5) is 0 Å². The molecule has 0 heteroatoms. The molecular weight excluding hydrogens is 312 g/mol. The summed E-state index contributed by atoms with van der Waals surface area (Å²) in [6, 6.07) is 30.2. The molecule has 0 fully saturated rings. The normalized spacial score (nSPS) is 17.0. The fourth-order valence-corrected chi connectivity index (χ4v) is 4.17. The van der Waals surface area contributed by atoms with Crippen molar-refractivity contribution in [3.63, 3.8) is 0 Å². The molecule has 0 spiro atoms. The number of hydrogen-bond acceptors (Lipinski definition) is 0. The topological polar surface area (TPSA) is 0 Å². The quantitative estimate of drug-likeness (QED) is 0.509. The standard InChI is InChI=1S/C26H22/c1-3-4-18-24-20(2)23-17-11-12-19-25(23)26(24,21-13-7-5-8-14-21)22-15-9-6-10-16-22/h3-19H,2H2,1H3/b4-3-,24-18+. The molecule has 0 unspecified atom stereocenters. The minimum absolute atomic E-state index is 0.338. The van der Waals surface area contributed by atoms with E-state index < -0.39 is 0 Å². The maximum absolute atomic E-state index is 4.47. The van der Waals surface area contributed by atoms with Gasteiger partial charge in [0.1, 0.15) is 0 Å². The average molecular weight is 334 g/mol. The summed E-state index contributed by atoms with van der Waals surface area (Å²) in [7, 11) is 0. The fraction of sp³-hybridized carbons (Fsp3) is 0.0769. The zero-order chi connectivity index (χ0) is 18.0. The first-order chi connectivity index (χ1) is 12.8. The molecule has 0 aromatic heterocycles. The van der Waals surface area contributed by atoms with Gasteiger partial charge in [-0.3, -0.25) is 0 Å². The molecule has 0 atom stereocenters. The van der Waals surface area contributed by atoms with E-state index in [1.807, 2.05) is 0 Å². The van der Waals surface area contributed by atoms with Crippen LogP contribution in [0, 0.1) is 0 Å². The van der Waals surface area contributed by atoms with E-state index in [0.717, 1.165) is 5.57 Å². The average Bonchev–Trinajstić information content (AvgIpc) is 2.97. The summed E-state index contributed by atoms with van der Waals surface area (Å²) in [5.74, 6) is 0. The van der Waals surface area contributed by atoms with Gasteiger partial charge >= 0.3 is 0 Å². The minimum Gasteiger partial charge on any atom is -0.0908 e. The van der Waals surface area contributed by atoms with E-state index in [4.69, 9.17) is 0 Å². The van der Waals surface area contributed by atoms with E-state index in [0.29, 0.717) is 0 Å². The van der Waals surface area contributed by atoms with Gasteiger partial charge in [-0.15, -0.1) is 0 Å². The van der Waals surface area contributed by atoms with E-state index >= 15 is 0 Å². The SMILES string of the molecule is C=C1/C(=C\C=C/C)C(c2ccccc2)(c2ccccc2)c2ccccc21. The second-order valence-corrected chi connectivity index (χ2v) is 6.61. The van der Waals surface area contributed by atoms with Crippen LogP contribution in [-0.2, 0) is 5.41 Å². The van der Waals surface area contributed by atoms with Crippen LogP contribution < -0.4 is 0 Å². The van der Waals surface area contributed by atoms with Crippen molar-refractivity contribution in [1.29, 1.82) is 0 Å². The molecule has 1 aliphatic rings. The highest BCUT2D eigenvalue weighted by atomic mass is 14.5. The van der Waals surface area contributed by atoms with Crippen LogP contribution in [0.1, 0.15) is 29.2 Å². The van der Waals surface area contributed by atoms with Crippen LogP contribution in [-0.4, -0.2) is 0 Å². The zero-order valence-corrected chi connectivity index (χ0v) is 15.0. The lowest BCUT2D eigenvalue weighted by Crippen LogP contribution is -2.28. The summed E-state index contributed by atoms with van der Waals surface area (Å²) in [5.41, 5.74) is 7.09. The molecule has 1 aliphatic carbocycles. The molecule has 0 amide bonds. The molecule has 0 aliphatic heterocycles. The first-order valence-electron chi connectivity index (χ1n) is 9.03. The third-order valence-corrected chi connectivity index (χ3v) is 5.25. The Morgan fingerprint density at radius 2 is 1.27 bits per heavy atom. The van der Waals surface area contributed by atoms with Crippen molar-refractivity contribution in [1.82, 2.24) is 0 Å². The van der Waals surface area contributed by atoms with Gasteiger partial charge in [0.05, 0.1) is 5.41 Å². The minimum atomic E-state index is -0.338. The summed E-state index contributed by atoms with van der Waals surface area (Å²) < 4.78 is 0. The first kappa shape index (κ1) is 16.4. The lowest BCUT2D eigenvalue weighted by molar-refractivity contribution is 0.769. The number of benzene rings is 3. The highest BCUT2D eigenvalue weighted by Gasteiger charge is 2.47. The highest BCUT2D eigenvalue weighted by Crippen LogP contribution is 2.56. The third-order valence-electron chi connectivity index (χ3n) is 5.25. The summed E-state index contributed by atoms with van der Waals surface area (Å²) in [6.07, 6.45) is 6.42. The fourth-order valence-electron chi connectivity index (χ4n) is 4.17. The van der Waals surface area contributed by atoms with Gasteiger partial charge in [0.2, 0.25) is 0 Å². The molecule has 3 aromatic carbocycles. The van der Waals surface area contributed by atoms with Gasteiger partial charge in [-0.05, 0) is 40.3 Å². The van der Waals surface area contributed by atoms with Crippen LogP contribution >= 0.6 is 0 Å². The van der Waals surface area contributed by atoms with Gasteiger partial charge in [-0.1, -0.05) is 110 Å². The Morgan fingerprint density at radius 1 is 0.731 bits per heavy atom. The van der Waals surface area contributed by atoms with E-state index in [1.54, 1.807) is 0 Å². The van der Waals surface area contributed by atoms with E-state index in [1.165, 1.54) is 27.8 Å². The molecule has 0 heterocycles. The number of rotatable bonds is 3. The molecule has 0 N–H and O–H groups in total. The van der Waals surface area contributed by atoms with Crippen molar-refractivity contribution in [3.8, 4) is 0 Å². The summed E-state index contributed by atoms with van der Waals surface area (Å²) in [6.45, 7) is 6.52. The van der Waals surface area contributed by atoms with Crippen LogP contribution in [0.3, 0.4) is 0 Å². The maximum Gasteiger partial charge on any atom is 0.0713 e. The number of hydrogen-bond donors (Lipinski definition) is 0. The smallest absolute Gasteiger partial charge is 0.0713 e. The first-order valence-corrected chi connectivity index (χ1v) is 9.03. The molecule has 26 heavy (non-hydrogen) atoms. The predicted octanol–water partition coefficient (Wildman–Crippen LogP) is 6.55. The summed E-state index contributed by atoms with van der Waals surface area (Å²) in [4.78, 5) is 0. The Balaban J connectivity index is 2.16. The summed E-state index contributed by atoms with van der Waals surface area (Å²) in [5, 5.41) is 0. The molecule has 4 rings (SSSR count). The molecular formula is C26H22. The Hall–Kier alpha value is -3.12. The van der Waals surface area contributed by atoms with E-state index in [9.17, 15) is 0 Å². The maximum atomic E-state index is 4.47. The second kappa shape index (κ2) is 6.65. The van der Waals surface area contributed by atoms with Gasteiger partial charge < -0.3 is 0 Å². The van der Waals surface area contributed by atoms with Crippen LogP contribution in [0.5, 0.6) is 0 Å².